The van der Waals surface area contributed by atoms with Gasteiger partial charge in [-0.25, -0.2) is 0 Å². The minimum atomic E-state index is -0.0361. The number of carbonyl (C=O) groups excluding carboxylic acids is 1. The molecule has 1 saturated carbocycles. The van der Waals surface area contributed by atoms with E-state index in [1.54, 1.807) is 0 Å². The van der Waals surface area contributed by atoms with Crippen molar-refractivity contribution in [2.45, 2.75) is 26.7 Å². The Hall–Kier alpha value is -1.31. The minimum absolute atomic E-state index is 0.0361. The van der Waals surface area contributed by atoms with Gasteiger partial charge in [-0.1, -0.05) is 25.7 Å². The van der Waals surface area contributed by atoms with Crippen molar-refractivity contribution in [2.75, 3.05) is 13.2 Å². The monoisotopic (exact) mass is 277 g/mol. The summed E-state index contributed by atoms with van der Waals surface area (Å²) in [7, 11) is 0. The second kappa shape index (κ2) is 5.77. The fourth-order valence-electron chi connectivity index (χ4n) is 2.02. The van der Waals surface area contributed by atoms with Gasteiger partial charge in [0.2, 0.25) is 0 Å². The molecule has 0 radical (unpaired) electrons. The number of hydrogen-bond donors (Lipinski definition) is 2. The molecule has 1 aromatic heterocycles. The van der Waals surface area contributed by atoms with Crippen molar-refractivity contribution in [3.63, 3.8) is 0 Å². The highest BCUT2D eigenvalue weighted by molar-refractivity contribution is 7.12. The molecular formula is C15H19NO2S. The molecule has 1 unspecified atom stereocenters. The molecule has 0 saturated heterocycles. The second-order valence-corrected chi connectivity index (χ2v) is 6.45. The Balaban J connectivity index is 1.93. The van der Waals surface area contributed by atoms with E-state index in [0.717, 1.165) is 12.1 Å². The number of thiophene rings is 1. The molecule has 4 heteroatoms. The van der Waals surface area contributed by atoms with Crippen molar-refractivity contribution >= 4 is 17.2 Å². The summed E-state index contributed by atoms with van der Waals surface area (Å²) in [5.74, 6) is 6.35. The van der Waals surface area contributed by atoms with Crippen LogP contribution in [0.5, 0.6) is 0 Å². The highest BCUT2D eigenvalue weighted by atomic mass is 32.1. The molecule has 3 nitrogen and oxygen atoms in total. The molecule has 1 aromatic rings. The van der Waals surface area contributed by atoms with Crippen molar-refractivity contribution in [3.05, 3.63) is 21.9 Å². The summed E-state index contributed by atoms with van der Waals surface area (Å²) in [6.07, 6.45) is 1.62. The molecule has 1 aliphatic rings. The summed E-state index contributed by atoms with van der Waals surface area (Å²) >= 11 is 1.41. The van der Waals surface area contributed by atoms with Crippen molar-refractivity contribution in [2.24, 2.45) is 11.3 Å². The maximum atomic E-state index is 12.1. The first-order chi connectivity index (χ1) is 9.04. The standard InChI is InChI=1S/C15H19NO2S/c1-15(2)9-12(15)10-16-14(18)13-11(6-8-19-13)5-3-4-7-17/h6,8,12,17H,4,7,9-10H2,1-2H3,(H,16,18). The van der Waals surface area contributed by atoms with Crippen LogP contribution in [0.15, 0.2) is 11.4 Å². The summed E-state index contributed by atoms with van der Waals surface area (Å²) in [4.78, 5) is 12.8. The lowest BCUT2D eigenvalue weighted by Gasteiger charge is -2.05. The molecule has 102 valence electrons. The van der Waals surface area contributed by atoms with Gasteiger partial charge in [0, 0.05) is 18.5 Å². The van der Waals surface area contributed by atoms with Gasteiger partial charge in [0.15, 0.2) is 0 Å². The molecule has 1 amide bonds. The lowest BCUT2D eigenvalue weighted by Crippen LogP contribution is -2.26. The van der Waals surface area contributed by atoms with E-state index in [1.165, 1.54) is 17.8 Å². The molecule has 0 spiro atoms. The lowest BCUT2D eigenvalue weighted by molar-refractivity contribution is 0.0954. The van der Waals surface area contributed by atoms with E-state index in [-0.39, 0.29) is 12.5 Å². The van der Waals surface area contributed by atoms with Crippen LogP contribution in [0.25, 0.3) is 0 Å². The van der Waals surface area contributed by atoms with Crippen LogP contribution in [0, 0.1) is 23.2 Å². The summed E-state index contributed by atoms with van der Waals surface area (Å²) < 4.78 is 0. The Kier molecular flexibility index (Phi) is 4.28. The first kappa shape index (κ1) is 14.1. The first-order valence-electron chi connectivity index (χ1n) is 6.50. The third-order valence-corrected chi connectivity index (χ3v) is 4.47. The van der Waals surface area contributed by atoms with Gasteiger partial charge in [-0.2, -0.15) is 0 Å². The molecule has 0 aromatic carbocycles. The summed E-state index contributed by atoms with van der Waals surface area (Å²) in [5, 5.41) is 13.6. The van der Waals surface area contributed by atoms with E-state index in [2.05, 4.69) is 31.0 Å². The average molecular weight is 277 g/mol. The van der Waals surface area contributed by atoms with Gasteiger partial charge in [-0.3, -0.25) is 4.79 Å². The highest BCUT2D eigenvalue weighted by Crippen LogP contribution is 2.50. The number of rotatable bonds is 4. The SMILES string of the molecule is CC1(C)CC1CNC(=O)c1sccc1C#CCCO. The van der Waals surface area contributed by atoms with E-state index in [9.17, 15) is 4.79 Å². The van der Waals surface area contributed by atoms with Crippen LogP contribution in [0.2, 0.25) is 0 Å². The largest absolute Gasteiger partial charge is 0.395 e. The van der Waals surface area contributed by atoms with E-state index < -0.39 is 0 Å². The predicted octanol–water partition coefficient (Wildman–Crippen LogP) is 2.26. The Labute approximate surface area is 118 Å². The van der Waals surface area contributed by atoms with Crippen LogP contribution >= 0.6 is 11.3 Å². The van der Waals surface area contributed by atoms with Crippen LogP contribution in [0.1, 0.15) is 41.9 Å². The fourth-order valence-corrected chi connectivity index (χ4v) is 2.78. The van der Waals surface area contributed by atoms with E-state index in [4.69, 9.17) is 5.11 Å². The molecule has 1 atom stereocenters. The number of aliphatic hydroxyl groups excluding tert-OH is 1. The van der Waals surface area contributed by atoms with Gasteiger partial charge >= 0.3 is 0 Å². The van der Waals surface area contributed by atoms with Crippen molar-refractivity contribution in [1.29, 1.82) is 0 Å². The van der Waals surface area contributed by atoms with Crippen molar-refractivity contribution in [3.8, 4) is 11.8 Å². The minimum Gasteiger partial charge on any atom is -0.395 e. The maximum Gasteiger partial charge on any atom is 0.262 e. The van der Waals surface area contributed by atoms with Gasteiger partial charge in [0.25, 0.3) is 5.91 Å². The van der Waals surface area contributed by atoms with E-state index in [0.29, 0.717) is 22.6 Å². The summed E-state index contributed by atoms with van der Waals surface area (Å²) in [5.41, 5.74) is 1.14. The van der Waals surface area contributed by atoms with Crippen LogP contribution in [-0.2, 0) is 0 Å². The summed E-state index contributed by atoms with van der Waals surface area (Å²) in [6, 6.07) is 1.85. The third-order valence-electron chi connectivity index (χ3n) is 3.56. The zero-order valence-electron chi connectivity index (χ0n) is 11.3. The average Bonchev–Trinajstić information content (AvgIpc) is 2.77. The van der Waals surface area contributed by atoms with Crippen LogP contribution in [0.4, 0.5) is 0 Å². The second-order valence-electron chi connectivity index (χ2n) is 5.54. The Morgan fingerprint density at radius 2 is 2.37 bits per heavy atom. The number of hydrogen-bond acceptors (Lipinski definition) is 3. The zero-order chi connectivity index (χ0) is 13.9. The molecule has 19 heavy (non-hydrogen) atoms. The topological polar surface area (TPSA) is 49.3 Å². The quantitative estimate of drug-likeness (QED) is 0.829. The summed E-state index contributed by atoms with van der Waals surface area (Å²) in [6.45, 7) is 5.24. The molecule has 2 N–H and O–H groups in total. The number of amides is 1. The maximum absolute atomic E-state index is 12.1. The molecule has 0 aliphatic heterocycles. The van der Waals surface area contributed by atoms with Gasteiger partial charge in [0.1, 0.15) is 4.88 Å². The molecule has 0 bridgehead atoms. The predicted molar refractivity (Wildman–Crippen MR) is 77.1 cm³/mol. The number of aliphatic hydroxyl groups is 1. The van der Waals surface area contributed by atoms with Gasteiger partial charge < -0.3 is 10.4 Å². The molecule has 2 rings (SSSR count). The van der Waals surface area contributed by atoms with Gasteiger partial charge in [-0.05, 0) is 29.2 Å². The Bertz CT molecular complexity index is 522. The molecule has 1 aliphatic carbocycles. The smallest absolute Gasteiger partial charge is 0.262 e. The van der Waals surface area contributed by atoms with Gasteiger partial charge in [0.05, 0.1) is 6.61 Å². The molecular weight excluding hydrogens is 258 g/mol. The van der Waals surface area contributed by atoms with Crippen molar-refractivity contribution in [1.82, 2.24) is 5.32 Å². The van der Waals surface area contributed by atoms with E-state index >= 15 is 0 Å². The van der Waals surface area contributed by atoms with Crippen LogP contribution in [-0.4, -0.2) is 24.2 Å². The number of nitrogens with one attached hydrogen (secondary N) is 1. The normalized spacial score (nSPS) is 19.4. The Morgan fingerprint density at radius 1 is 1.63 bits per heavy atom. The zero-order valence-corrected chi connectivity index (χ0v) is 12.1. The fraction of sp³-hybridized carbons (Fsp3) is 0.533. The van der Waals surface area contributed by atoms with E-state index in [1.807, 2.05) is 11.4 Å². The molecule has 1 heterocycles. The third kappa shape index (κ3) is 3.59. The molecule has 1 fully saturated rings. The highest BCUT2D eigenvalue weighted by Gasteiger charge is 2.45. The number of carbonyl (C=O) groups is 1. The van der Waals surface area contributed by atoms with Crippen molar-refractivity contribution < 1.29 is 9.90 Å². The lowest BCUT2D eigenvalue weighted by atomic mass is 10.1. The van der Waals surface area contributed by atoms with Gasteiger partial charge in [-0.15, -0.1) is 11.3 Å². The van der Waals surface area contributed by atoms with Crippen LogP contribution < -0.4 is 5.32 Å². The first-order valence-corrected chi connectivity index (χ1v) is 7.38. The van der Waals surface area contributed by atoms with Crippen LogP contribution in [0.3, 0.4) is 0 Å². The Morgan fingerprint density at radius 3 is 3.00 bits per heavy atom.